The molecule has 0 aliphatic carbocycles. The van der Waals surface area contributed by atoms with Crippen LogP contribution in [0.25, 0.3) is 0 Å². The van der Waals surface area contributed by atoms with Gasteiger partial charge in [-0.3, -0.25) is 4.79 Å². The van der Waals surface area contributed by atoms with Crippen molar-refractivity contribution in [2.45, 2.75) is 33.1 Å². The van der Waals surface area contributed by atoms with Gasteiger partial charge in [0.15, 0.2) is 0 Å². The Balaban J connectivity index is 2.72. The van der Waals surface area contributed by atoms with E-state index in [0.717, 1.165) is 18.6 Å². The lowest BCUT2D eigenvalue weighted by Crippen LogP contribution is -2.11. The van der Waals surface area contributed by atoms with E-state index in [1.165, 1.54) is 5.57 Å². The summed E-state index contributed by atoms with van der Waals surface area (Å²) < 4.78 is 4.99. The monoisotopic (exact) mass is 140 g/mol. The van der Waals surface area contributed by atoms with Crippen molar-refractivity contribution in [3.8, 4) is 0 Å². The molecular formula is C8H12O2. The molecule has 0 radical (unpaired) electrons. The highest BCUT2D eigenvalue weighted by Crippen LogP contribution is 2.21. The van der Waals surface area contributed by atoms with E-state index in [2.05, 4.69) is 0 Å². The van der Waals surface area contributed by atoms with Gasteiger partial charge in [-0.25, -0.2) is 0 Å². The maximum Gasteiger partial charge on any atom is 0.311 e. The number of carbonyl (C=O) groups is 1. The molecule has 2 nitrogen and oxygen atoms in total. The van der Waals surface area contributed by atoms with E-state index >= 15 is 0 Å². The van der Waals surface area contributed by atoms with Crippen molar-refractivity contribution in [1.29, 1.82) is 0 Å². The number of carbonyl (C=O) groups excluding carboxylic acids is 1. The van der Waals surface area contributed by atoms with E-state index in [9.17, 15) is 4.79 Å². The molecule has 0 aromatic carbocycles. The van der Waals surface area contributed by atoms with E-state index in [1.54, 1.807) is 0 Å². The molecule has 0 fully saturated rings. The van der Waals surface area contributed by atoms with Crippen LogP contribution in [-0.4, -0.2) is 5.97 Å². The van der Waals surface area contributed by atoms with E-state index in [0.29, 0.717) is 6.42 Å². The number of hydrogen-bond donors (Lipinski definition) is 0. The third-order valence-electron chi connectivity index (χ3n) is 1.74. The smallest absolute Gasteiger partial charge is 0.311 e. The molecule has 1 heterocycles. The molecule has 10 heavy (non-hydrogen) atoms. The van der Waals surface area contributed by atoms with Gasteiger partial charge in [0.05, 0.1) is 0 Å². The zero-order chi connectivity index (χ0) is 7.56. The summed E-state index contributed by atoms with van der Waals surface area (Å²) in [7, 11) is 0. The van der Waals surface area contributed by atoms with Gasteiger partial charge in [0.25, 0.3) is 0 Å². The van der Waals surface area contributed by atoms with E-state index in [-0.39, 0.29) is 5.97 Å². The minimum Gasteiger partial charge on any atom is -0.431 e. The van der Waals surface area contributed by atoms with Gasteiger partial charge in [0.2, 0.25) is 0 Å². The van der Waals surface area contributed by atoms with E-state index in [1.807, 2.05) is 13.8 Å². The second-order valence-electron chi connectivity index (χ2n) is 2.53. The highest BCUT2D eigenvalue weighted by Gasteiger charge is 2.14. The molecule has 1 aliphatic heterocycles. The molecular weight excluding hydrogens is 128 g/mol. The van der Waals surface area contributed by atoms with Crippen LogP contribution >= 0.6 is 0 Å². The summed E-state index contributed by atoms with van der Waals surface area (Å²) >= 11 is 0. The van der Waals surface area contributed by atoms with Crippen LogP contribution in [0.4, 0.5) is 0 Å². The first kappa shape index (κ1) is 7.32. The minimum absolute atomic E-state index is 0.0811. The van der Waals surface area contributed by atoms with Crippen LogP contribution in [0.1, 0.15) is 33.1 Å². The molecule has 2 heteroatoms. The van der Waals surface area contributed by atoms with E-state index < -0.39 is 0 Å². The van der Waals surface area contributed by atoms with Crippen molar-refractivity contribution in [3.63, 3.8) is 0 Å². The van der Waals surface area contributed by atoms with Gasteiger partial charge < -0.3 is 4.74 Å². The Morgan fingerprint density at radius 1 is 1.50 bits per heavy atom. The van der Waals surface area contributed by atoms with Gasteiger partial charge in [-0.2, -0.15) is 0 Å². The van der Waals surface area contributed by atoms with Crippen molar-refractivity contribution in [2.24, 2.45) is 0 Å². The number of esters is 1. The van der Waals surface area contributed by atoms with Gasteiger partial charge in [0.1, 0.15) is 5.76 Å². The zero-order valence-electron chi connectivity index (χ0n) is 6.44. The summed E-state index contributed by atoms with van der Waals surface area (Å²) in [6, 6.07) is 0. The molecule has 0 saturated heterocycles. The second-order valence-corrected chi connectivity index (χ2v) is 2.53. The maximum atomic E-state index is 10.7. The number of rotatable bonds is 1. The largest absolute Gasteiger partial charge is 0.431 e. The first-order chi connectivity index (χ1) is 4.74. The first-order valence-corrected chi connectivity index (χ1v) is 3.63. The van der Waals surface area contributed by atoms with Crippen molar-refractivity contribution in [3.05, 3.63) is 11.3 Å². The van der Waals surface area contributed by atoms with E-state index in [4.69, 9.17) is 4.74 Å². The number of allylic oxidation sites excluding steroid dienone is 2. The average molecular weight is 140 g/mol. The Kier molecular flexibility index (Phi) is 2.10. The fraction of sp³-hybridized carbons (Fsp3) is 0.625. The quantitative estimate of drug-likeness (QED) is 0.521. The highest BCUT2D eigenvalue weighted by molar-refractivity contribution is 5.72. The van der Waals surface area contributed by atoms with Crippen molar-refractivity contribution < 1.29 is 9.53 Å². The van der Waals surface area contributed by atoms with Crippen LogP contribution < -0.4 is 0 Å². The van der Waals surface area contributed by atoms with Gasteiger partial charge in [-0.15, -0.1) is 0 Å². The number of ether oxygens (including phenoxy) is 1. The Bertz CT molecular complexity index is 180. The number of hydrogen-bond acceptors (Lipinski definition) is 2. The van der Waals surface area contributed by atoms with Crippen molar-refractivity contribution in [1.82, 2.24) is 0 Å². The normalized spacial score (nSPS) is 19.2. The lowest BCUT2D eigenvalue weighted by Gasteiger charge is -2.15. The molecule has 1 aliphatic rings. The third kappa shape index (κ3) is 1.38. The average Bonchev–Trinajstić information content (AvgIpc) is 1.94. The second kappa shape index (κ2) is 2.86. The topological polar surface area (TPSA) is 26.3 Å². The molecule has 0 unspecified atom stereocenters. The summed E-state index contributed by atoms with van der Waals surface area (Å²) in [6.45, 7) is 4.02. The van der Waals surface area contributed by atoms with Crippen LogP contribution in [0.5, 0.6) is 0 Å². The minimum atomic E-state index is -0.0811. The standard InChI is InChI=1S/C8H12O2/c1-3-7-6(2)4-5-8(9)10-7/h3-5H2,1-2H3. The Morgan fingerprint density at radius 3 is 2.70 bits per heavy atom. The summed E-state index contributed by atoms with van der Waals surface area (Å²) in [5.41, 5.74) is 1.22. The number of cyclic esters (lactones) is 1. The summed E-state index contributed by atoms with van der Waals surface area (Å²) in [5.74, 6) is 0.790. The Morgan fingerprint density at radius 2 is 2.20 bits per heavy atom. The predicted molar refractivity (Wildman–Crippen MR) is 38.3 cm³/mol. The lowest BCUT2D eigenvalue weighted by atomic mass is 10.1. The van der Waals surface area contributed by atoms with Gasteiger partial charge >= 0.3 is 5.97 Å². The zero-order valence-corrected chi connectivity index (χ0v) is 6.44. The van der Waals surface area contributed by atoms with Gasteiger partial charge in [-0.1, -0.05) is 6.92 Å². The summed E-state index contributed by atoms with van der Waals surface area (Å²) in [5, 5.41) is 0. The van der Waals surface area contributed by atoms with Crippen LogP contribution in [0.3, 0.4) is 0 Å². The molecule has 1 rings (SSSR count). The molecule has 0 aromatic heterocycles. The van der Waals surface area contributed by atoms with Crippen LogP contribution in [0.15, 0.2) is 11.3 Å². The molecule has 0 atom stereocenters. The fourth-order valence-corrected chi connectivity index (χ4v) is 1.08. The fourth-order valence-electron chi connectivity index (χ4n) is 1.08. The molecule has 0 N–H and O–H groups in total. The Hall–Kier alpha value is -0.790. The SMILES string of the molecule is CCC1=C(C)CCC(=O)O1. The van der Waals surface area contributed by atoms with Crippen LogP contribution in [-0.2, 0) is 9.53 Å². The summed E-state index contributed by atoms with van der Waals surface area (Å²) in [6.07, 6.45) is 2.26. The third-order valence-corrected chi connectivity index (χ3v) is 1.74. The molecule has 0 aromatic rings. The lowest BCUT2D eigenvalue weighted by molar-refractivity contribution is -0.140. The van der Waals surface area contributed by atoms with Crippen LogP contribution in [0, 0.1) is 0 Å². The van der Waals surface area contributed by atoms with Gasteiger partial charge in [-0.05, 0) is 18.9 Å². The van der Waals surface area contributed by atoms with Crippen LogP contribution in [0.2, 0.25) is 0 Å². The van der Waals surface area contributed by atoms with Gasteiger partial charge in [0, 0.05) is 12.8 Å². The Labute approximate surface area is 60.9 Å². The predicted octanol–water partition coefficient (Wildman–Crippen LogP) is 2.01. The molecule has 0 saturated carbocycles. The maximum absolute atomic E-state index is 10.7. The van der Waals surface area contributed by atoms with Crippen molar-refractivity contribution in [2.75, 3.05) is 0 Å². The summed E-state index contributed by atoms with van der Waals surface area (Å²) in [4.78, 5) is 10.7. The highest BCUT2D eigenvalue weighted by atomic mass is 16.5. The molecule has 0 amide bonds. The van der Waals surface area contributed by atoms with Crippen molar-refractivity contribution >= 4 is 5.97 Å². The molecule has 0 spiro atoms. The molecule has 56 valence electrons. The molecule has 0 bridgehead atoms. The first-order valence-electron chi connectivity index (χ1n) is 3.63.